The fraction of sp³-hybridized carbons (Fsp3) is 1.00. The number of aliphatic hydroxyl groups excluding tert-OH is 1. The normalized spacial score (nSPS) is 23.3. The van der Waals surface area contributed by atoms with Gasteiger partial charge in [-0.15, -0.1) is 0 Å². The summed E-state index contributed by atoms with van der Waals surface area (Å²) in [7, 11) is 3.75. The van der Waals surface area contributed by atoms with Gasteiger partial charge in [-0.1, -0.05) is 0 Å². The smallest absolute Gasteiger partial charge is 0.0900 e. The van der Waals surface area contributed by atoms with Crippen LogP contribution < -0.4 is 0 Å². The van der Waals surface area contributed by atoms with Crippen molar-refractivity contribution in [1.82, 2.24) is 9.80 Å². The van der Waals surface area contributed by atoms with Crippen molar-refractivity contribution < 1.29 is 9.84 Å². The summed E-state index contributed by atoms with van der Waals surface area (Å²) in [5.74, 6) is 0. The third kappa shape index (κ3) is 4.04. The van der Waals surface area contributed by atoms with Gasteiger partial charge in [0.1, 0.15) is 0 Å². The van der Waals surface area contributed by atoms with Crippen molar-refractivity contribution in [3.05, 3.63) is 0 Å². The summed E-state index contributed by atoms with van der Waals surface area (Å²) in [5, 5.41) is 9.49. The molecule has 1 aliphatic heterocycles. The molecule has 0 saturated carbocycles. The second kappa shape index (κ2) is 5.54. The van der Waals surface area contributed by atoms with Crippen molar-refractivity contribution in [2.45, 2.75) is 6.10 Å². The van der Waals surface area contributed by atoms with Gasteiger partial charge in [-0.3, -0.25) is 4.90 Å². The molecular weight excluding hydrogens is 168 g/mol. The molecule has 0 aromatic heterocycles. The number of hydrogen-bond donors (Lipinski definition) is 1. The molecule has 1 rings (SSSR count). The van der Waals surface area contributed by atoms with E-state index in [4.69, 9.17) is 4.74 Å². The Bertz CT molecular complexity index is 136. The molecule has 78 valence electrons. The minimum Gasteiger partial charge on any atom is -0.389 e. The number of likely N-dealkylation sites (N-methyl/N-ethyl adjacent to an activating group) is 1. The first-order valence-electron chi connectivity index (χ1n) is 4.80. The van der Waals surface area contributed by atoms with Crippen molar-refractivity contribution in [2.75, 3.05) is 53.5 Å². The first kappa shape index (κ1) is 10.9. The Balaban J connectivity index is 2.14. The fourth-order valence-corrected chi connectivity index (χ4v) is 1.57. The zero-order valence-electron chi connectivity index (χ0n) is 8.57. The molecule has 1 heterocycles. The monoisotopic (exact) mass is 188 g/mol. The van der Waals surface area contributed by atoms with Gasteiger partial charge in [0.05, 0.1) is 12.7 Å². The van der Waals surface area contributed by atoms with E-state index in [1.165, 1.54) is 0 Å². The number of aliphatic hydroxyl groups is 1. The van der Waals surface area contributed by atoms with Gasteiger partial charge in [0, 0.05) is 39.8 Å². The summed E-state index contributed by atoms with van der Waals surface area (Å²) in [4.78, 5) is 4.59. The van der Waals surface area contributed by atoms with Crippen LogP contribution >= 0.6 is 0 Å². The molecule has 4 nitrogen and oxygen atoms in total. The molecule has 1 aliphatic rings. The highest BCUT2D eigenvalue weighted by molar-refractivity contribution is 4.71. The first-order chi connectivity index (χ1) is 6.22. The third-order valence-electron chi connectivity index (χ3n) is 2.42. The van der Waals surface area contributed by atoms with E-state index in [1.54, 1.807) is 7.11 Å². The summed E-state index contributed by atoms with van der Waals surface area (Å²) in [6, 6.07) is 0. The number of rotatable bonds is 4. The van der Waals surface area contributed by atoms with Crippen LogP contribution in [0.4, 0.5) is 0 Å². The van der Waals surface area contributed by atoms with Gasteiger partial charge in [-0.2, -0.15) is 0 Å². The molecule has 0 spiro atoms. The number of methoxy groups -OCH3 is 1. The molecule has 0 aromatic carbocycles. The summed E-state index contributed by atoms with van der Waals surface area (Å²) >= 11 is 0. The number of hydrogen-bond acceptors (Lipinski definition) is 4. The summed E-state index contributed by atoms with van der Waals surface area (Å²) in [6.07, 6.45) is -0.339. The lowest BCUT2D eigenvalue weighted by Gasteiger charge is -2.33. The molecule has 1 atom stereocenters. The lowest BCUT2D eigenvalue weighted by atomic mass is 10.3. The van der Waals surface area contributed by atoms with Crippen LogP contribution in [-0.2, 0) is 4.74 Å². The molecule has 1 fully saturated rings. The first-order valence-corrected chi connectivity index (χ1v) is 4.80. The third-order valence-corrected chi connectivity index (χ3v) is 2.42. The van der Waals surface area contributed by atoms with E-state index in [9.17, 15) is 5.11 Å². The Hall–Kier alpha value is -0.160. The Morgan fingerprint density at radius 2 is 1.92 bits per heavy atom. The number of nitrogens with zero attached hydrogens (tertiary/aromatic N) is 2. The van der Waals surface area contributed by atoms with Crippen LogP contribution in [0.1, 0.15) is 0 Å². The van der Waals surface area contributed by atoms with E-state index in [0.717, 1.165) is 32.7 Å². The highest BCUT2D eigenvalue weighted by Gasteiger charge is 2.16. The minimum atomic E-state index is -0.339. The van der Waals surface area contributed by atoms with Gasteiger partial charge >= 0.3 is 0 Å². The van der Waals surface area contributed by atoms with Crippen LogP contribution in [0, 0.1) is 0 Å². The Morgan fingerprint density at radius 3 is 2.46 bits per heavy atom. The molecule has 0 amide bonds. The van der Waals surface area contributed by atoms with E-state index in [1.807, 2.05) is 0 Å². The van der Waals surface area contributed by atoms with Crippen LogP contribution in [0.25, 0.3) is 0 Å². The lowest BCUT2D eigenvalue weighted by molar-refractivity contribution is 0.0266. The van der Waals surface area contributed by atoms with Crippen LogP contribution in [0.5, 0.6) is 0 Å². The van der Waals surface area contributed by atoms with Gasteiger partial charge < -0.3 is 14.7 Å². The minimum absolute atomic E-state index is 0.339. The van der Waals surface area contributed by atoms with Crippen molar-refractivity contribution in [3.8, 4) is 0 Å². The zero-order valence-corrected chi connectivity index (χ0v) is 8.57. The molecule has 4 heteroatoms. The maximum atomic E-state index is 9.49. The van der Waals surface area contributed by atoms with Crippen molar-refractivity contribution >= 4 is 0 Å². The molecular formula is C9H20N2O2. The molecule has 0 radical (unpaired) electrons. The van der Waals surface area contributed by atoms with Gasteiger partial charge in [0.2, 0.25) is 0 Å². The molecule has 1 saturated heterocycles. The Kier molecular flexibility index (Phi) is 4.66. The second-order valence-electron chi connectivity index (χ2n) is 3.71. The van der Waals surface area contributed by atoms with Gasteiger partial charge in [0.15, 0.2) is 0 Å². The quantitative estimate of drug-likeness (QED) is 0.629. The van der Waals surface area contributed by atoms with Crippen LogP contribution in [0.3, 0.4) is 0 Å². The van der Waals surface area contributed by atoms with Crippen LogP contribution in [0.2, 0.25) is 0 Å². The highest BCUT2D eigenvalue weighted by Crippen LogP contribution is 2.00. The standard InChI is InChI=1S/C9H20N2O2/c1-10-3-5-11(6-4-10)7-9(12)8-13-2/h9,12H,3-8H2,1-2H3. The molecule has 0 aromatic rings. The summed E-state index contributed by atoms with van der Waals surface area (Å²) in [5.41, 5.74) is 0. The molecule has 1 unspecified atom stereocenters. The number of β-amino-alcohol motifs (C(OH)–C–C–N with tert-alkyl or cyclic N) is 1. The van der Waals surface area contributed by atoms with E-state index in [0.29, 0.717) is 6.61 Å². The predicted octanol–water partition coefficient (Wildman–Crippen LogP) is -0.759. The molecule has 0 bridgehead atoms. The van der Waals surface area contributed by atoms with Crippen LogP contribution in [-0.4, -0.2) is 74.5 Å². The highest BCUT2D eigenvalue weighted by atomic mass is 16.5. The maximum Gasteiger partial charge on any atom is 0.0900 e. The summed E-state index contributed by atoms with van der Waals surface area (Å²) in [6.45, 7) is 5.47. The number of piperazine rings is 1. The molecule has 1 N–H and O–H groups in total. The van der Waals surface area contributed by atoms with E-state index in [2.05, 4.69) is 16.8 Å². The predicted molar refractivity (Wildman–Crippen MR) is 51.8 cm³/mol. The van der Waals surface area contributed by atoms with Gasteiger partial charge in [-0.05, 0) is 7.05 Å². The van der Waals surface area contributed by atoms with Gasteiger partial charge in [-0.25, -0.2) is 0 Å². The zero-order chi connectivity index (χ0) is 9.68. The topological polar surface area (TPSA) is 35.9 Å². The maximum absolute atomic E-state index is 9.49. The second-order valence-corrected chi connectivity index (χ2v) is 3.71. The summed E-state index contributed by atoms with van der Waals surface area (Å²) < 4.78 is 4.88. The largest absolute Gasteiger partial charge is 0.389 e. The van der Waals surface area contributed by atoms with Crippen molar-refractivity contribution in [1.29, 1.82) is 0 Å². The number of ether oxygens (including phenoxy) is 1. The fourth-order valence-electron chi connectivity index (χ4n) is 1.57. The Morgan fingerprint density at radius 1 is 1.31 bits per heavy atom. The van der Waals surface area contributed by atoms with E-state index in [-0.39, 0.29) is 6.10 Å². The lowest BCUT2D eigenvalue weighted by Crippen LogP contribution is -2.47. The van der Waals surface area contributed by atoms with E-state index < -0.39 is 0 Å². The van der Waals surface area contributed by atoms with Crippen molar-refractivity contribution in [2.24, 2.45) is 0 Å². The van der Waals surface area contributed by atoms with Crippen LogP contribution in [0.15, 0.2) is 0 Å². The van der Waals surface area contributed by atoms with Crippen molar-refractivity contribution in [3.63, 3.8) is 0 Å². The molecule has 0 aliphatic carbocycles. The molecule has 13 heavy (non-hydrogen) atoms. The Labute approximate surface area is 80.1 Å². The average Bonchev–Trinajstić information content (AvgIpc) is 2.09. The average molecular weight is 188 g/mol. The van der Waals surface area contributed by atoms with Gasteiger partial charge in [0.25, 0.3) is 0 Å². The van der Waals surface area contributed by atoms with E-state index >= 15 is 0 Å². The SMILES string of the molecule is COCC(O)CN1CCN(C)CC1.